The number of rotatable bonds is 3. The van der Waals surface area contributed by atoms with Gasteiger partial charge < -0.3 is 19.9 Å². The molecule has 2 amide bonds. The molecule has 2 aliphatic heterocycles. The Balaban J connectivity index is 1.97. The minimum Gasteiger partial charge on any atom is -0.465 e. The third kappa shape index (κ3) is 2.57. The lowest BCUT2D eigenvalue weighted by Gasteiger charge is -2.27. The Kier molecular flexibility index (Phi) is 4.34. The van der Waals surface area contributed by atoms with E-state index in [2.05, 4.69) is 10.3 Å². The van der Waals surface area contributed by atoms with Crippen LogP contribution in [-0.2, 0) is 16.0 Å². The minimum absolute atomic E-state index is 0.00675. The number of hydrogen-bond donors (Lipinski definition) is 2. The van der Waals surface area contributed by atoms with Gasteiger partial charge >= 0.3 is 5.97 Å². The number of nitrogens with one attached hydrogen (secondary N) is 2. The maximum Gasteiger partial charge on any atom is 0.339 e. The van der Waals surface area contributed by atoms with Gasteiger partial charge in [0.25, 0.3) is 5.91 Å². The van der Waals surface area contributed by atoms with Crippen molar-refractivity contribution in [2.75, 3.05) is 13.7 Å². The van der Waals surface area contributed by atoms with Crippen LogP contribution in [0.2, 0.25) is 0 Å². The topological polar surface area (TPSA) is 91.5 Å². The monoisotopic (exact) mass is 333 g/mol. The number of aromatic nitrogens is 1. The van der Waals surface area contributed by atoms with Crippen LogP contribution in [0.4, 0.5) is 0 Å². The smallest absolute Gasteiger partial charge is 0.339 e. The van der Waals surface area contributed by atoms with Crippen LogP contribution in [0.5, 0.6) is 0 Å². The number of esters is 1. The highest BCUT2D eigenvalue weighted by molar-refractivity contribution is 6.01. The second-order valence-corrected chi connectivity index (χ2v) is 6.43. The van der Waals surface area contributed by atoms with Crippen LogP contribution in [0.1, 0.15) is 58.3 Å². The fourth-order valence-corrected chi connectivity index (χ4v) is 3.86. The summed E-state index contributed by atoms with van der Waals surface area (Å²) >= 11 is 0. The second kappa shape index (κ2) is 6.30. The van der Waals surface area contributed by atoms with Crippen molar-refractivity contribution in [1.82, 2.24) is 15.2 Å². The Bertz CT molecular complexity index is 694. The lowest BCUT2D eigenvalue weighted by molar-refractivity contribution is -0.121. The molecular weight excluding hydrogens is 310 g/mol. The van der Waals surface area contributed by atoms with E-state index in [0.717, 1.165) is 12.8 Å². The Morgan fingerprint density at radius 1 is 1.29 bits per heavy atom. The zero-order valence-electron chi connectivity index (χ0n) is 14.3. The summed E-state index contributed by atoms with van der Waals surface area (Å²) in [5, 5.41) is 2.86. The summed E-state index contributed by atoms with van der Waals surface area (Å²) in [6.07, 6.45) is 2.67. The van der Waals surface area contributed by atoms with Gasteiger partial charge in [-0.15, -0.1) is 0 Å². The average molecular weight is 333 g/mol. The summed E-state index contributed by atoms with van der Waals surface area (Å²) in [4.78, 5) is 41.9. The molecule has 2 atom stereocenters. The first-order valence-electron chi connectivity index (χ1n) is 8.37. The molecule has 2 aliphatic rings. The Morgan fingerprint density at radius 2 is 2.00 bits per heavy atom. The second-order valence-electron chi connectivity index (χ2n) is 6.43. The molecule has 130 valence electrons. The van der Waals surface area contributed by atoms with Gasteiger partial charge in [-0.25, -0.2) is 4.79 Å². The fraction of sp³-hybridized carbons (Fsp3) is 0.588. The van der Waals surface area contributed by atoms with Gasteiger partial charge in [-0.3, -0.25) is 9.59 Å². The van der Waals surface area contributed by atoms with Gasteiger partial charge in [-0.1, -0.05) is 6.92 Å². The van der Waals surface area contributed by atoms with Crippen molar-refractivity contribution >= 4 is 17.8 Å². The van der Waals surface area contributed by atoms with Gasteiger partial charge in [0, 0.05) is 30.7 Å². The minimum atomic E-state index is -0.435. The molecule has 0 spiro atoms. The number of carbonyl (C=O) groups is 3. The SMILES string of the molecule is CCc1[nH]c(C(=O)N2C3CCC2CC(=O)NC3)c(C)c1C(=O)OC. The van der Waals surface area contributed by atoms with Crippen LogP contribution >= 0.6 is 0 Å². The van der Waals surface area contributed by atoms with Crippen molar-refractivity contribution in [2.24, 2.45) is 0 Å². The van der Waals surface area contributed by atoms with E-state index in [4.69, 9.17) is 4.74 Å². The van der Waals surface area contributed by atoms with Crippen molar-refractivity contribution in [3.05, 3.63) is 22.5 Å². The number of carbonyl (C=O) groups excluding carboxylic acids is 3. The molecule has 0 saturated carbocycles. The van der Waals surface area contributed by atoms with E-state index in [1.807, 2.05) is 11.8 Å². The fourth-order valence-electron chi connectivity index (χ4n) is 3.86. The summed E-state index contributed by atoms with van der Waals surface area (Å²) in [6.45, 7) is 4.17. The number of methoxy groups -OCH3 is 1. The van der Waals surface area contributed by atoms with Gasteiger partial charge in [0.15, 0.2) is 0 Å². The molecule has 2 fully saturated rings. The lowest BCUT2D eigenvalue weighted by atomic mass is 10.1. The van der Waals surface area contributed by atoms with Gasteiger partial charge in [-0.2, -0.15) is 0 Å². The number of aromatic amines is 1. The molecule has 3 rings (SSSR count). The standard InChI is InChI=1S/C17H23N3O4/c1-4-12-14(17(23)24-3)9(2)15(19-12)16(22)20-10-5-6-11(20)8-18-13(21)7-10/h10-11,19H,4-8H2,1-3H3,(H,18,21). The zero-order chi connectivity index (χ0) is 17.4. The Hall–Kier alpha value is -2.31. The summed E-state index contributed by atoms with van der Waals surface area (Å²) in [6, 6.07) is -0.0531. The first-order valence-corrected chi connectivity index (χ1v) is 8.37. The van der Waals surface area contributed by atoms with Crippen LogP contribution in [0.3, 0.4) is 0 Å². The molecule has 24 heavy (non-hydrogen) atoms. The molecule has 0 radical (unpaired) electrons. The number of aryl methyl sites for hydroxylation is 1. The summed E-state index contributed by atoms with van der Waals surface area (Å²) in [5.41, 5.74) is 2.20. The van der Waals surface area contributed by atoms with E-state index >= 15 is 0 Å². The number of amides is 2. The molecule has 1 aromatic heterocycles. The van der Waals surface area contributed by atoms with E-state index in [-0.39, 0.29) is 23.9 Å². The van der Waals surface area contributed by atoms with Crippen LogP contribution in [0, 0.1) is 6.92 Å². The van der Waals surface area contributed by atoms with Gasteiger partial charge in [0.2, 0.25) is 5.91 Å². The lowest BCUT2D eigenvalue weighted by Crippen LogP contribution is -2.43. The molecule has 7 nitrogen and oxygen atoms in total. The van der Waals surface area contributed by atoms with Crippen LogP contribution < -0.4 is 5.32 Å². The first-order chi connectivity index (χ1) is 11.5. The van der Waals surface area contributed by atoms with E-state index in [9.17, 15) is 14.4 Å². The average Bonchev–Trinajstić information content (AvgIpc) is 3.06. The molecule has 1 aromatic rings. The predicted molar refractivity (Wildman–Crippen MR) is 86.9 cm³/mol. The maximum absolute atomic E-state index is 13.1. The largest absolute Gasteiger partial charge is 0.465 e. The third-order valence-electron chi connectivity index (χ3n) is 5.09. The van der Waals surface area contributed by atoms with Crippen molar-refractivity contribution in [3.63, 3.8) is 0 Å². The highest BCUT2D eigenvalue weighted by Gasteiger charge is 2.41. The van der Waals surface area contributed by atoms with Crippen molar-refractivity contribution < 1.29 is 19.1 Å². The summed E-state index contributed by atoms with van der Waals surface area (Å²) in [5.74, 6) is -0.579. The van der Waals surface area contributed by atoms with Crippen molar-refractivity contribution in [3.8, 4) is 0 Å². The highest BCUT2D eigenvalue weighted by atomic mass is 16.5. The van der Waals surface area contributed by atoms with Crippen LogP contribution in [0.15, 0.2) is 0 Å². The molecular formula is C17H23N3O4. The maximum atomic E-state index is 13.1. The normalized spacial score (nSPS) is 23.0. The molecule has 7 heteroatoms. The van der Waals surface area contributed by atoms with Gasteiger partial charge in [0.05, 0.1) is 12.7 Å². The molecule has 3 heterocycles. The molecule has 2 bridgehead atoms. The van der Waals surface area contributed by atoms with Gasteiger partial charge in [-0.05, 0) is 31.7 Å². The molecule has 2 saturated heterocycles. The first kappa shape index (κ1) is 16.5. The summed E-state index contributed by atoms with van der Waals surface area (Å²) in [7, 11) is 1.34. The quantitative estimate of drug-likeness (QED) is 0.812. The van der Waals surface area contributed by atoms with E-state index in [0.29, 0.717) is 41.9 Å². The Labute approximate surface area is 140 Å². The van der Waals surface area contributed by atoms with Gasteiger partial charge in [0.1, 0.15) is 5.69 Å². The molecule has 2 unspecified atom stereocenters. The van der Waals surface area contributed by atoms with E-state index < -0.39 is 5.97 Å². The number of H-pyrrole nitrogens is 1. The number of nitrogens with zero attached hydrogens (tertiary/aromatic N) is 1. The third-order valence-corrected chi connectivity index (χ3v) is 5.09. The van der Waals surface area contributed by atoms with Crippen LogP contribution in [-0.4, -0.2) is 53.4 Å². The summed E-state index contributed by atoms with van der Waals surface area (Å²) < 4.78 is 4.85. The number of hydrogen-bond acceptors (Lipinski definition) is 4. The number of fused-ring (bicyclic) bond motifs is 2. The zero-order valence-corrected chi connectivity index (χ0v) is 14.3. The predicted octanol–water partition coefficient (Wildman–Crippen LogP) is 1.17. The molecule has 2 N–H and O–H groups in total. The van der Waals surface area contributed by atoms with E-state index in [1.54, 1.807) is 6.92 Å². The molecule has 0 aromatic carbocycles. The molecule has 0 aliphatic carbocycles. The van der Waals surface area contributed by atoms with Crippen molar-refractivity contribution in [2.45, 2.75) is 51.6 Å². The van der Waals surface area contributed by atoms with Crippen LogP contribution in [0.25, 0.3) is 0 Å². The highest BCUT2D eigenvalue weighted by Crippen LogP contribution is 2.31. The van der Waals surface area contributed by atoms with E-state index in [1.165, 1.54) is 7.11 Å². The number of ether oxygens (including phenoxy) is 1. The van der Waals surface area contributed by atoms with Crippen molar-refractivity contribution in [1.29, 1.82) is 0 Å². The Morgan fingerprint density at radius 3 is 2.67 bits per heavy atom.